The van der Waals surface area contributed by atoms with Crippen molar-refractivity contribution in [3.8, 4) is 0 Å². The van der Waals surface area contributed by atoms with E-state index < -0.39 is 10.1 Å². The Bertz CT molecular complexity index is 600. The van der Waals surface area contributed by atoms with Crippen LogP contribution in [0, 0.1) is 0 Å². The van der Waals surface area contributed by atoms with Gasteiger partial charge in [0.15, 0.2) is 0 Å². The molecule has 0 aliphatic carbocycles. The zero-order chi connectivity index (χ0) is 19.3. The predicted octanol–water partition coefficient (Wildman–Crippen LogP) is 3.40. The second-order valence-electron chi connectivity index (χ2n) is 7.38. The van der Waals surface area contributed by atoms with Gasteiger partial charge in [-0.2, -0.15) is 0 Å². The van der Waals surface area contributed by atoms with Crippen LogP contribution in [0.1, 0.15) is 102 Å². The van der Waals surface area contributed by atoms with Gasteiger partial charge < -0.3 is 4.55 Å². The Hall–Kier alpha value is 0.766. The van der Waals surface area contributed by atoms with Crippen molar-refractivity contribution in [2.45, 2.75) is 109 Å². The van der Waals surface area contributed by atoms with Gasteiger partial charge in [0.2, 0.25) is 0 Å². The van der Waals surface area contributed by atoms with Crippen LogP contribution in [0.2, 0.25) is 0 Å². The minimum Gasteiger partial charge on any atom is -0.744 e. The molecule has 0 aromatic heterocycles. The van der Waals surface area contributed by atoms with E-state index in [1.165, 1.54) is 63.9 Å². The smallest absolute Gasteiger partial charge is 0.744 e. The first-order chi connectivity index (χ1) is 12.5. The van der Waals surface area contributed by atoms with E-state index in [1.807, 2.05) is 6.07 Å². The van der Waals surface area contributed by atoms with Crippen LogP contribution in [0.25, 0.3) is 0 Å². The van der Waals surface area contributed by atoms with E-state index in [4.69, 9.17) is 0 Å². The maximum Gasteiger partial charge on any atom is 1.00 e. The van der Waals surface area contributed by atoms with Crippen LogP contribution >= 0.6 is 0 Å². The summed E-state index contributed by atoms with van der Waals surface area (Å²) in [6.45, 7) is 4.41. The Kier molecular flexibility index (Phi) is 17.0. The first-order valence-electron chi connectivity index (χ1n) is 10.6. The van der Waals surface area contributed by atoms with Gasteiger partial charge >= 0.3 is 51.4 Å². The van der Waals surface area contributed by atoms with E-state index >= 15 is 0 Å². The normalized spacial score (nSPS) is 11.4. The van der Waals surface area contributed by atoms with Crippen molar-refractivity contribution in [2.75, 3.05) is 0 Å². The first kappa shape index (κ1) is 27.8. The fourth-order valence-electron chi connectivity index (χ4n) is 3.54. The molecule has 27 heavy (non-hydrogen) atoms. The molecule has 150 valence electrons. The number of unbranched alkanes of at least 4 members (excludes halogenated alkanes) is 10. The third-order valence-corrected chi connectivity index (χ3v) is 6.00. The minimum absolute atomic E-state index is 0. The predicted molar refractivity (Wildman–Crippen MR) is 109 cm³/mol. The molecule has 0 bridgehead atoms. The van der Waals surface area contributed by atoms with Gasteiger partial charge in [0.05, 0.1) is 4.90 Å². The molecule has 1 aromatic carbocycles. The molecule has 1 aromatic rings. The van der Waals surface area contributed by atoms with Crippen LogP contribution in [-0.4, -0.2) is 13.0 Å². The van der Waals surface area contributed by atoms with Gasteiger partial charge in [0, 0.05) is 0 Å². The zero-order valence-electron chi connectivity index (χ0n) is 17.8. The molecule has 0 radical (unpaired) electrons. The molecule has 0 fully saturated rings. The van der Waals surface area contributed by atoms with Gasteiger partial charge in [0.25, 0.3) is 0 Å². The quantitative estimate of drug-likeness (QED) is 0.248. The summed E-state index contributed by atoms with van der Waals surface area (Å²) < 4.78 is 35.0. The van der Waals surface area contributed by atoms with Gasteiger partial charge in [-0.1, -0.05) is 90.2 Å². The van der Waals surface area contributed by atoms with Crippen molar-refractivity contribution in [3.05, 3.63) is 29.3 Å². The maximum absolute atomic E-state index is 11.7. The molecule has 5 heteroatoms. The van der Waals surface area contributed by atoms with Crippen molar-refractivity contribution in [1.82, 2.24) is 0 Å². The molecule has 0 aliphatic heterocycles. The van der Waals surface area contributed by atoms with E-state index in [9.17, 15) is 13.0 Å². The van der Waals surface area contributed by atoms with E-state index in [-0.39, 0.29) is 56.3 Å². The molecule has 0 saturated heterocycles. The van der Waals surface area contributed by atoms with Crippen LogP contribution in [-0.2, 0) is 23.0 Å². The fraction of sp³-hybridized carbons (Fsp3) is 0.727. The van der Waals surface area contributed by atoms with E-state index in [1.54, 1.807) is 6.07 Å². The van der Waals surface area contributed by atoms with Gasteiger partial charge in [-0.25, -0.2) is 8.42 Å². The number of benzene rings is 1. The third-order valence-electron chi connectivity index (χ3n) is 5.08. The van der Waals surface area contributed by atoms with E-state index in [0.717, 1.165) is 36.8 Å². The molecule has 0 amide bonds. The molecule has 0 atom stereocenters. The van der Waals surface area contributed by atoms with Crippen LogP contribution in [0.5, 0.6) is 0 Å². The largest absolute Gasteiger partial charge is 1.00 e. The zero-order valence-corrected chi connectivity index (χ0v) is 21.7. The monoisotopic (exact) mass is 420 g/mol. The Balaban J connectivity index is 0.00000676. The number of rotatable bonds is 15. The molecule has 0 aliphatic rings. The summed E-state index contributed by atoms with van der Waals surface area (Å²) in [5, 5.41) is 0. The van der Waals surface area contributed by atoms with Crippen molar-refractivity contribution >= 4 is 10.1 Å². The van der Waals surface area contributed by atoms with Crippen molar-refractivity contribution in [1.29, 1.82) is 0 Å². The average molecular weight is 421 g/mol. The minimum atomic E-state index is -4.40. The van der Waals surface area contributed by atoms with Crippen LogP contribution < -0.4 is 51.4 Å². The van der Waals surface area contributed by atoms with Gasteiger partial charge in [-0.15, -0.1) is 0 Å². The Morgan fingerprint density at radius 2 is 1.22 bits per heavy atom. The van der Waals surface area contributed by atoms with Crippen LogP contribution in [0.3, 0.4) is 0 Å². The topological polar surface area (TPSA) is 57.2 Å². The van der Waals surface area contributed by atoms with E-state index in [2.05, 4.69) is 13.8 Å². The summed E-state index contributed by atoms with van der Waals surface area (Å²) in [6, 6.07) is 5.22. The van der Waals surface area contributed by atoms with Gasteiger partial charge in [-0.05, 0) is 42.9 Å². The maximum atomic E-state index is 11.7. The molecule has 0 unspecified atom stereocenters. The fourth-order valence-corrected chi connectivity index (χ4v) is 4.32. The summed E-state index contributed by atoms with van der Waals surface area (Å²) in [5.41, 5.74) is 1.84. The van der Waals surface area contributed by atoms with E-state index in [0.29, 0.717) is 6.42 Å². The molecule has 0 N–H and O–H groups in total. The van der Waals surface area contributed by atoms with Crippen LogP contribution in [0.4, 0.5) is 0 Å². The number of hydrogen-bond acceptors (Lipinski definition) is 3. The molecule has 1 rings (SSSR count). The summed E-state index contributed by atoms with van der Waals surface area (Å²) in [7, 11) is -4.40. The number of hydrogen-bond donors (Lipinski definition) is 0. The van der Waals surface area contributed by atoms with Crippen LogP contribution in [0.15, 0.2) is 23.1 Å². The Morgan fingerprint density at radius 3 is 1.74 bits per heavy atom. The van der Waals surface area contributed by atoms with Gasteiger partial charge in [0.1, 0.15) is 10.1 Å². The SMILES string of the molecule is CCCCCCCCc1cccc(S(=O)(=O)[O-])c1CCCCCCCC.[K+]. The summed E-state index contributed by atoms with van der Waals surface area (Å²) in [6.07, 6.45) is 15.8. The first-order valence-corrected chi connectivity index (χ1v) is 12.0. The van der Waals surface area contributed by atoms with Crippen molar-refractivity contribution in [2.24, 2.45) is 0 Å². The number of aryl methyl sites for hydroxylation is 1. The molecule has 0 heterocycles. The summed E-state index contributed by atoms with van der Waals surface area (Å²) in [5.74, 6) is 0. The molecule has 3 nitrogen and oxygen atoms in total. The van der Waals surface area contributed by atoms with Crippen molar-refractivity contribution < 1.29 is 64.4 Å². The molecular weight excluding hydrogens is 383 g/mol. The standard InChI is InChI=1S/C22H38O3S.K/c1-3-5-7-9-11-13-16-20-17-15-19-22(26(23,24)25)21(20)18-14-12-10-8-6-4-2;/h15,17,19H,3-14,16,18H2,1-2H3,(H,23,24,25);/q;+1/p-1. The second kappa shape index (κ2) is 16.6. The second-order valence-corrected chi connectivity index (χ2v) is 8.73. The molecule has 0 spiro atoms. The Labute approximate surface area is 210 Å². The Morgan fingerprint density at radius 1 is 0.741 bits per heavy atom. The molecule has 0 saturated carbocycles. The molecular formula is C22H37KO3S. The summed E-state index contributed by atoms with van der Waals surface area (Å²) >= 11 is 0. The third kappa shape index (κ3) is 12.1. The van der Waals surface area contributed by atoms with Gasteiger partial charge in [-0.3, -0.25) is 0 Å². The average Bonchev–Trinajstić information content (AvgIpc) is 2.60. The van der Waals surface area contributed by atoms with Crippen molar-refractivity contribution in [3.63, 3.8) is 0 Å². The summed E-state index contributed by atoms with van der Waals surface area (Å²) in [4.78, 5) is 0.00883.